The minimum Gasteiger partial charge on any atom is -0.354 e. The molecule has 2 aromatic rings. The first-order valence-electron chi connectivity index (χ1n) is 8.93. The standard InChI is InChI=1S/C21H25N3O2/c1-15-6-5-7-16(12-15)14-24(2)11-10-22-21(26)18-13-20(25)23-19-9-4-3-8-17(18)19/h3-9,12,18H,10-11,13-14H2,1-2H3,(H,22,26)(H,23,25). The highest BCUT2D eigenvalue weighted by molar-refractivity contribution is 6.01. The molecule has 1 atom stereocenters. The van der Waals surface area contributed by atoms with Crippen LogP contribution in [0.25, 0.3) is 0 Å². The van der Waals surface area contributed by atoms with Gasteiger partial charge in [-0.1, -0.05) is 48.0 Å². The number of carbonyl (C=O) groups excluding carboxylic acids is 2. The summed E-state index contributed by atoms with van der Waals surface area (Å²) in [5, 5.41) is 5.80. The van der Waals surface area contributed by atoms with Crippen LogP contribution in [0.2, 0.25) is 0 Å². The molecule has 2 aromatic carbocycles. The van der Waals surface area contributed by atoms with Gasteiger partial charge in [-0.15, -0.1) is 0 Å². The monoisotopic (exact) mass is 351 g/mol. The predicted molar refractivity (Wildman–Crippen MR) is 103 cm³/mol. The molecule has 0 bridgehead atoms. The fourth-order valence-corrected chi connectivity index (χ4v) is 3.34. The van der Waals surface area contributed by atoms with E-state index in [2.05, 4.69) is 46.7 Å². The maximum Gasteiger partial charge on any atom is 0.228 e. The lowest BCUT2D eigenvalue weighted by Gasteiger charge is -2.25. The third-order valence-electron chi connectivity index (χ3n) is 4.64. The minimum absolute atomic E-state index is 0.0868. The number of fused-ring (bicyclic) bond motifs is 1. The lowest BCUT2D eigenvalue weighted by atomic mass is 9.90. The summed E-state index contributed by atoms with van der Waals surface area (Å²) < 4.78 is 0. The van der Waals surface area contributed by atoms with Crippen molar-refractivity contribution in [2.24, 2.45) is 0 Å². The van der Waals surface area contributed by atoms with Crippen molar-refractivity contribution in [3.63, 3.8) is 0 Å². The molecular weight excluding hydrogens is 326 g/mol. The summed E-state index contributed by atoms with van der Waals surface area (Å²) in [5.41, 5.74) is 4.13. The molecule has 1 aliphatic heterocycles. The van der Waals surface area contributed by atoms with E-state index in [-0.39, 0.29) is 18.2 Å². The van der Waals surface area contributed by atoms with Gasteiger partial charge in [-0.25, -0.2) is 0 Å². The van der Waals surface area contributed by atoms with Gasteiger partial charge in [-0.3, -0.25) is 9.59 Å². The van der Waals surface area contributed by atoms with E-state index in [9.17, 15) is 9.59 Å². The Hall–Kier alpha value is -2.66. The lowest BCUT2D eigenvalue weighted by Crippen LogP contribution is -2.38. The molecule has 136 valence electrons. The van der Waals surface area contributed by atoms with E-state index in [1.807, 2.05) is 31.3 Å². The zero-order chi connectivity index (χ0) is 18.5. The number of anilines is 1. The molecule has 0 saturated carbocycles. The fourth-order valence-electron chi connectivity index (χ4n) is 3.34. The summed E-state index contributed by atoms with van der Waals surface area (Å²) in [7, 11) is 2.04. The second kappa shape index (κ2) is 8.15. The van der Waals surface area contributed by atoms with Crippen molar-refractivity contribution in [3.8, 4) is 0 Å². The van der Waals surface area contributed by atoms with Crippen molar-refractivity contribution < 1.29 is 9.59 Å². The molecule has 2 N–H and O–H groups in total. The van der Waals surface area contributed by atoms with Crippen LogP contribution in [0.5, 0.6) is 0 Å². The number of hydrogen-bond acceptors (Lipinski definition) is 3. The zero-order valence-corrected chi connectivity index (χ0v) is 15.3. The quantitative estimate of drug-likeness (QED) is 0.841. The van der Waals surface area contributed by atoms with Crippen LogP contribution in [0.1, 0.15) is 29.0 Å². The number of para-hydroxylation sites is 1. The summed E-state index contributed by atoms with van der Waals surface area (Å²) in [6, 6.07) is 15.9. The molecule has 1 heterocycles. The van der Waals surface area contributed by atoms with Crippen LogP contribution in [0, 0.1) is 6.92 Å². The van der Waals surface area contributed by atoms with Gasteiger partial charge in [0.15, 0.2) is 0 Å². The van der Waals surface area contributed by atoms with Gasteiger partial charge in [0.25, 0.3) is 0 Å². The largest absolute Gasteiger partial charge is 0.354 e. The van der Waals surface area contributed by atoms with Crippen LogP contribution < -0.4 is 10.6 Å². The van der Waals surface area contributed by atoms with Crippen LogP contribution in [0.4, 0.5) is 5.69 Å². The highest BCUT2D eigenvalue weighted by Crippen LogP contribution is 2.31. The molecule has 2 amide bonds. The molecule has 0 aliphatic carbocycles. The number of carbonyl (C=O) groups is 2. The molecule has 0 spiro atoms. The van der Waals surface area contributed by atoms with Gasteiger partial charge in [0.2, 0.25) is 11.8 Å². The second-order valence-corrected chi connectivity index (χ2v) is 6.91. The molecule has 1 unspecified atom stereocenters. The Labute approximate surface area is 154 Å². The molecule has 0 radical (unpaired) electrons. The number of amides is 2. The van der Waals surface area contributed by atoms with Crippen molar-refractivity contribution in [2.45, 2.75) is 25.8 Å². The van der Waals surface area contributed by atoms with Crippen LogP contribution in [0.15, 0.2) is 48.5 Å². The average molecular weight is 351 g/mol. The molecule has 5 heteroatoms. The van der Waals surface area contributed by atoms with Crippen molar-refractivity contribution in [3.05, 3.63) is 65.2 Å². The Morgan fingerprint density at radius 2 is 2.04 bits per heavy atom. The van der Waals surface area contributed by atoms with Gasteiger partial charge in [0.05, 0.1) is 5.92 Å². The third-order valence-corrected chi connectivity index (χ3v) is 4.64. The van der Waals surface area contributed by atoms with Gasteiger partial charge in [-0.2, -0.15) is 0 Å². The summed E-state index contributed by atoms with van der Waals surface area (Å²) in [6.45, 7) is 4.23. The first kappa shape index (κ1) is 18.1. The van der Waals surface area contributed by atoms with Gasteiger partial charge in [-0.05, 0) is 31.2 Å². The Balaban J connectivity index is 1.52. The zero-order valence-electron chi connectivity index (χ0n) is 15.3. The van der Waals surface area contributed by atoms with E-state index < -0.39 is 5.92 Å². The third kappa shape index (κ3) is 4.49. The highest BCUT2D eigenvalue weighted by atomic mass is 16.2. The van der Waals surface area contributed by atoms with E-state index in [0.29, 0.717) is 6.54 Å². The predicted octanol–water partition coefficient (Wildman–Crippen LogP) is 2.67. The number of likely N-dealkylation sites (N-methyl/N-ethyl adjacent to an activating group) is 1. The Morgan fingerprint density at radius 1 is 1.23 bits per heavy atom. The number of hydrogen-bond donors (Lipinski definition) is 2. The molecule has 0 aromatic heterocycles. The summed E-state index contributed by atoms with van der Waals surface area (Å²) in [5.74, 6) is -0.612. The van der Waals surface area contributed by atoms with Gasteiger partial charge in [0.1, 0.15) is 0 Å². The van der Waals surface area contributed by atoms with Crippen LogP contribution in [-0.4, -0.2) is 36.9 Å². The van der Waals surface area contributed by atoms with Crippen molar-refractivity contribution >= 4 is 17.5 Å². The summed E-state index contributed by atoms with van der Waals surface area (Å²) in [4.78, 5) is 26.6. The summed E-state index contributed by atoms with van der Waals surface area (Å²) >= 11 is 0. The van der Waals surface area contributed by atoms with Gasteiger partial charge < -0.3 is 15.5 Å². The van der Waals surface area contributed by atoms with Crippen LogP contribution in [-0.2, 0) is 16.1 Å². The first-order valence-corrected chi connectivity index (χ1v) is 8.93. The fraction of sp³-hybridized carbons (Fsp3) is 0.333. The molecule has 26 heavy (non-hydrogen) atoms. The second-order valence-electron chi connectivity index (χ2n) is 6.91. The topological polar surface area (TPSA) is 61.4 Å². The molecule has 0 fully saturated rings. The van der Waals surface area contributed by atoms with E-state index in [1.54, 1.807) is 0 Å². The highest BCUT2D eigenvalue weighted by Gasteiger charge is 2.30. The van der Waals surface area contributed by atoms with Crippen molar-refractivity contribution in [1.29, 1.82) is 0 Å². The van der Waals surface area contributed by atoms with Crippen molar-refractivity contribution in [1.82, 2.24) is 10.2 Å². The normalized spacial score (nSPS) is 16.1. The Morgan fingerprint density at radius 3 is 2.85 bits per heavy atom. The van der Waals surface area contributed by atoms with Crippen LogP contribution in [0.3, 0.4) is 0 Å². The number of rotatable bonds is 6. The van der Waals surface area contributed by atoms with E-state index >= 15 is 0 Å². The molecule has 5 nitrogen and oxygen atoms in total. The number of benzene rings is 2. The van der Waals surface area contributed by atoms with Crippen LogP contribution >= 0.6 is 0 Å². The number of nitrogens with one attached hydrogen (secondary N) is 2. The maximum absolute atomic E-state index is 12.6. The lowest BCUT2D eigenvalue weighted by molar-refractivity contribution is -0.126. The first-order chi connectivity index (χ1) is 12.5. The van der Waals surface area contributed by atoms with Gasteiger partial charge >= 0.3 is 0 Å². The average Bonchev–Trinajstić information content (AvgIpc) is 2.60. The summed E-state index contributed by atoms with van der Waals surface area (Å²) in [6.07, 6.45) is 0.196. The molecule has 0 saturated heterocycles. The molecular formula is C21H25N3O2. The number of aryl methyl sites for hydroxylation is 1. The van der Waals surface area contributed by atoms with Crippen molar-refractivity contribution in [2.75, 3.05) is 25.5 Å². The maximum atomic E-state index is 12.6. The Bertz CT molecular complexity index is 803. The number of nitrogens with zero attached hydrogens (tertiary/aromatic N) is 1. The molecule has 1 aliphatic rings. The van der Waals surface area contributed by atoms with E-state index in [0.717, 1.165) is 24.3 Å². The molecule has 3 rings (SSSR count). The smallest absolute Gasteiger partial charge is 0.228 e. The minimum atomic E-state index is -0.415. The van der Waals surface area contributed by atoms with E-state index in [1.165, 1.54) is 11.1 Å². The van der Waals surface area contributed by atoms with Gasteiger partial charge in [0, 0.05) is 31.7 Å². The van der Waals surface area contributed by atoms with E-state index in [4.69, 9.17) is 0 Å². The SMILES string of the molecule is Cc1cccc(CN(C)CCNC(=O)C2CC(=O)Nc3ccccc32)c1. The Kier molecular flexibility index (Phi) is 5.68.